The predicted molar refractivity (Wildman–Crippen MR) is 530 cm³/mol. The molecular weight excluding hydrogens is 1660 g/mol. The van der Waals surface area contributed by atoms with Crippen LogP contribution in [0.3, 0.4) is 0 Å². The number of hydrogen-bond acceptors (Lipinski definition) is 13. The molecule has 3 aliphatic carbocycles. The Morgan fingerprint density at radius 2 is 0.556 bits per heavy atom. The molecule has 0 atom stereocenters. The van der Waals surface area contributed by atoms with Crippen LogP contribution >= 0.6 is 0 Å². The van der Waals surface area contributed by atoms with Gasteiger partial charge in [-0.3, -0.25) is 9.97 Å². The maximum absolute atomic E-state index is 6.95. The molecule has 0 bridgehead atoms. The average molecular weight is 1730 g/mol. The number of para-hydroxylation sites is 7. The van der Waals surface area contributed by atoms with Crippen molar-refractivity contribution in [2.24, 2.45) is 0 Å². The van der Waals surface area contributed by atoms with Crippen LogP contribution in [0.5, 0.6) is 34.5 Å². The minimum absolute atomic E-state index is 0.427. The zero-order chi connectivity index (χ0) is 89.1. The van der Waals surface area contributed by atoms with Gasteiger partial charge in [0, 0.05) is 90.1 Å². The number of fused-ring (bicyclic) bond motifs is 28. The molecule has 0 saturated heterocycles. The van der Waals surface area contributed by atoms with Crippen LogP contribution in [-0.2, 0) is 16.2 Å². The molecule has 16 aromatic carbocycles. The molecule has 135 heavy (non-hydrogen) atoms. The fourth-order valence-corrected chi connectivity index (χ4v) is 21.7. The van der Waals surface area contributed by atoms with E-state index in [1.54, 1.807) is 6.20 Å². The van der Waals surface area contributed by atoms with Crippen molar-refractivity contribution in [3.8, 4) is 170 Å². The minimum Gasteiger partial charge on any atom is -0.456 e. The number of aromatic nitrogens is 9. The zero-order valence-corrected chi connectivity index (χ0v) is 72.5. The van der Waals surface area contributed by atoms with Crippen LogP contribution in [0.1, 0.15) is 66.8 Å². The number of benzene rings is 16. The molecule has 6 aromatic heterocycles. The fraction of sp³-hybridized carbons (Fsp3) is 0.0246. The SMILES string of the molecule is c1ccc(-c2ccc(-c3cccc(-c4cccc5c4Oc4ccccc4C54c5ccccc5-c5ccccc54)n3)nn2)cc1.c1ccc(-c2nc(-c3cccnc3-c3cccc4c3Oc3ccccc3C43c4ccccc4-c4ccccc43)nc3ccccc23)cc1.c1ccc(-c2nnc(-c3ccc(-c4cccc5c4Oc4ccccc4C54c5ccccc5-c5ccccc54)nc3)o2)cc1. The Morgan fingerprint density at radius 1 is 0.193 bits per heavy atom. The van der Waals surface area contributed by atoms with Gasteiger partial charge in [-0.2, -0.15) is 0 Å². The van der Waals surface area contributed by atoms with E-state index in [-0.39, 0.29) is 0 Å². The Hall–Kier alpha value is -18.1. The Morgan fingerprint density at radius 3 is 1.04 bits per heavy atom. The standard InChI is InChI=1S/C44H27N3O.C40H25N3O.C38H23N3O2/c1-2-14-28(15-3-1)40-31-18-6-10-25-38(31)46-43(47-40)33-20-13-27-45-41(33)32-19-12-24-37-42(32)48-39-26-11-9-23-36(39)44(37)34-21-7-4-16-29(34)30-17-5-8-22-35(30)44;1-2-12-26(13-3-1)34-24-25-37(43-42-34)36-22-11-21-35(41-36)29-16-10-20-33-39(29)44-38-23-9-8-19-32(38)40(33)30-17-6-4-14-27(30)28-15-5-7-18-31(28)40;1-2-11-24(12-3-1)36-40-41-37(43-36)25-21-22-33(39-23-25)28-15-10-19-32-35(28)42-34-20-9-8-18-31(34)38(32)29-16-6-4-13-26(29)27-14-5-7-17-30(27)38/h1-27H;1-25H;1-23H. The van der Waals surface area contributed by atoms with Crippen molar-refractivity contribution < 1.29 is 18.6 Å². The summed E-state index contributed by atoms with van der Waals surface area (Å²) in [4.78, 5) is 25.3. The van der Waals surface area contributed by atoms with E-state index in [1.165, 1.54) is 66.8 Å². The predicted octanol–water partition coefficient (Wildman–Crippen LogP) is 28.8. The Balaban J connectivity index is 0.000000106. The lowest BCUT2D eigenvalue weighted by molar-refractivity contribution is 0.437. The molecule has 28 rings (SSSR count). The summed E-state index contributed by atoms with van der Waals surface area (Å²) in [5.41, 5.74) is 34.1. The maximum Gasteiger partial charge on any atom is 0.249 e. The summed E-state index contributed by atoms with van der Waals surface area (Å²) in [5.74, 6) is 6.52. The van der Waals surface area contributed by atoms with E-state index in [1.807, 2.05) is 170 Å². The first-order valence-electron chi connectivity index (χ1n) is 45.3. The van der Waals surface area contributed by atoms with E-state index in [2.05, 4.69) is 299 Å². The largest absolute Gasteiger partial charge is 0.456 e. The maximum atomic E-state index is 6.95. The lowest BCUT2D eigenvalue weighted by Gasteiger charge is -2.40. The first-order chi connectivity index (χ1) is 67.0. The highest BCUT2D eigenvalue weighted by atomic mass is 16.5. The van der Waals surface area contributed by atoms with Crippen molar-refractivity contribution in [3.05, 3.63) is 522 Å². The number of ether oxygens (including phenoxy) is 3. The molecule has 6 aliphatic rings. The molecule has 0 unspecified atom stereocenters. The van der Waals surface area contributed by atoms with Crippen LogP contribution in [-0.4, -0.2) is 45.3 Å². The van der Waals surface area contributed by atoms with Gasteiger partial charge in [-0.15, -0.1) is 20.4 Å². The molecule has 0 N–H and O–H groups in total. The van der Waals surface area contributed by atoms with Gasteiger partial charge in [0.15, 0.2) is 5.82 Å². The molecule has 3 aliphatic heterocycles. The highest BCUT2D eigenvalue weighted by Gasteiger charge is 2.55. The number of pyridine rings is 3. The third kappa shape index (κ3) is 12.1. The van der Waals surface area contributed by atoms with Gasteiger partial charge in [0.05, 0.1) is 61.5 Å². The molecule has 0 amide bonds. The van der Waals surface area contributed by atoms with Crippen LogP contribution in [0, 0.1) is 0 Å². The second-order valence-electron chi connectivity index (χ2n) is 34.3. The lowest BCUT2D eigenvalue weighted by Crippen LogP contribution is -2.32. The first-order valence-corrected chi connectivity index (χ1v) is 45.3. The highest BCUT2D eigenvalue weighted by Crippen LogP contribution is 2.67. The Kier molecular flexibility index (Phi) is 18.3. The summed E-state index contributed by atoms with van der Waals surface area (Å²) in [6, 6.07) is 153. The molecule has 632 valence electrons. The second-order valence-corrected chi connectivity index (χ2v) is 34.3. The average Bonchev–Trinajstić information content (AvgIpc) is 1.53. The normalized spacial score (nSPS) is 13.4. The van der Waals surface area contributed by atoms with Gasteiger partial charge in [0.25, 0.3) is 0 Å². The van der Waals surface area contributed by atoms with Crippen molar-refractivity contribution in [3.63, 3.8) is 0 Å². The fourth-order valence-electron chi connectivity index (χ4n) is 21.7. The topological polar surface area (TPSA) is 157 Å². The van der Waals surface area contributed by atoms with Gasteiger partial charge in [0.2, 0.25) is 11.8 Å². The van der Waals surface area contributed by atoms with Crippen molar-refractivity contribution in [2.75, 3.05) is 0 Å². The van der Waals surface area contributed by atoms with Crippen molar-refractivity contribution in [1.82, 2.24) is 45.3 Å². The second kappa shape index (κ2) is 31.7. The minimum atomic E-state index is -0.553. The highest BCUT2D eigenvalue weighted by molar-refractivity contribution is 5.98. The van der Waals surface area contributed by atoms with Crippen molar-refractivity contribution >= 4 is 10.9 Å². The van der Waals surface area contributed by atoms with Gasteiger partial charge in [-0.25, -0.2) is 15.0 Å². The molecule has 0 radical (unpaired) electrons. The molecule has 22 aromatic rings. The molecular formula is C122H75N9O4. The molecule has 9 heterocycles. The number of rotatable bonds is 9. The van der Waals surface area contributed by atoms with Crippen LogP contribution in [0.4, 0.5) is 0 Å². The Bertz CT molecular complexity index is 8360. The van der Waals surface area contributed by atoms with E-state index in [0.717, 1.165) is 163 Å². The van der Waals surface area contributed by atoms with Gasteiger partial charge in [0.1, 0.15) is 40.2 Å². The van der Waals surface area contributed by atoms with Gasteiger partial charge in [-0.1, -0.05) is 340 Å². The number of hydrogen-bond donors (Lipinski definition) is 0. The lowest BCUT2D eigenvalue weighted by atomic mass is 9.65. The monoisotopic (exact) mass is 1730 g/mol. The van der Waals surface area contributed by atoms with E-state index >= 15 is 0 Å². The molecule has 0 saturated carbocycles. The summed E-state index contributed by atoms with van der Waals surface area (Å²) in [7, 11) is 0. The van der Waals surface area contributed by atoms with Crippen molar-refractivity contribution in [1.29, 1.82) is 0 Å². The molecule has 0 fully saturated rings. The molecule has 13 heteroatoms. The summed E-state index contributed by atoms with van der Waals surface area (Å²) < 4.78 is 26.5. The van der Waals surface area contributed by atoms with E-state index in [9.17, 15) is 0 Å². The molecule has 3 spiro atoms. The first kappa shape index (κ1) is 78.0. The number of nitrogens with zero attached hydrogens (tertiary/aromatic N) is 9. The van der Waals surface area contributed by atoms with E-state index in [4.69, 9.17) is 43.5 Å². The summed E-state index contributed by atoms with van der Waals surface area (Å²) in [5, 5.41) is 18.6. The van der Waals surface area contributed by atoms with Crippen LogP contribution < -0.4 is 14.2 Å². The smallest absolute Gasteiger partial charge is 0.249 e. The van der Waals surface area contributed by atoms with E-state index in [0.29, 0.717) is 17.6 Å². The summed E-state index contributed by atoms with van der Waals surface area (Å²) in [6.07, 6.45) is 3.62. The van der Waals surface area contributed by atoms with Gasteiger partial charge in [-0.05, 0) is 170 Å². The van der Waals surface area contributed by atoms with Crippen LogP contribution in [0.15, 0.2) is 460 Å². The van der Waals surface area contributed by atoms with Crippen LogP contribution in [0.2, 0.25) is 0 Å². The van der Waals surface area contributed by atoms with Crippen LogP contribution in [0.25, 0.3) is 146 Å². The quantitative estimate of drug-likeness (QED) is 0.135. The third-order valence-corrected chi connectivity index (χ3v) is 27.3. The summed E-state index contributed by atoms with van der Waals surface area (Å²) in [6.45, 7) is 0. The molecule has 13 nitrogen and oxygen atoms in total. The third-order valence-electron chi connectivity index (χ3n) is 27.3. The Labute approximate surface area is 777 Å². The van der Waals surface area contributed by atoms with Gasteiger partial charge < -0.3 is 18.6 Å². The van der Waals surface area contributed by atoms with Crippen molar-refractivity contribution in [2.45, 2.75) is 16.2 Å². The zero-order valence-electron chi connectivity index (χ0n) is 72.5. The van der Waals surface area contributed by atoms with E-state index < -0.39 is 16.2 Å². The summed E-state index contributed by atoms with van der Waals surface area (Å²) >= 11 is 0. The van der Waals surface area contributed by atoms with Gasteiger partial charge >= 0.3 is 0 Å².